The van der Waals surface area contributed by atoms with Crippen LogP contribution in [0.3, 0.4) is 0 Å². The van der Waals surface area contributed by atoms with Crippen molar-refractivity contribution in [2.24, 2.45) is 0 Å². The zero-order valence-electron chi connectivity index (χ0n) is 19.9. The second-order valence-corrected chi connectivity index (χ2v) is 11.0. The normalized spacial score (nSPS) is 19.1. The Morgan fingerprint density at radius 1 is 1.17 bits per heavy atom. The maximum Gasteiger partial charge on any atom is 0.421 e. The summed E-state index contributed by atoms with van der Waals surface area (Å²) >= 11 is 4.26. The van der Waals surface area contributed by atoms with Crippen LogP contribution in [0.25, 0.3) is 0 Å². The molecule has 1 N–H and O–H groups in total. The molecule has 1 aliphatic heterocycles. The standard InChI is InChI=1S/C23H28F3N3O5S2/c1-22(31,23(24,25)26)16-8-10-17(11-9-16)29-13-12-28(15-18(29)14-21(30)27(2)34-3)36(32,33)20-7-5-4-6-19(20)35/h4-11,18,31,35H,12-15H2,1-3H3/t18-,22?/m0/s1. The summed E-state index contributed by atoms with van der Waals surface area (Å²) in [5.74, 6) is -0.405. The largest absolute Gasteiger partial charge is 0.421 e. The predicted octanol–water partition coefficient (Wildman–Crippen LogP) is 3.03. The summed E-state index contributed by atoms with van der Waals surface area (Å²) in [7, 11) is -1.17. The van der Waals surface area contributed by atoms with E-state index in [2.05, 4.69) is 12.6 Å². The molecule has 1 amide bonds. The van der Waals surface area contributed by atoms with Crippen LogP contribution < -0.4 is 4.90 Å². The first-order valence-corrected chi connectivity index (χ1v) is 12.8. The highest BCUT2D eigenvalue weighted by atomic mass is 32.2. The van der Waals surface area contributed by atoms with E-state index in [-0.39, 0.29) is 36.5 Å². The molecule has 36 heavy (non-hydrogen) atoms. The van der Waals surface area contributed by atoms with Crippen molar-refractivity contribution in [3.8, 4) is 0 Å². The number of carbonyl (C=O) groups excluding carboxylic acids is 1. The number of nitrogens with zero attached hydrogens (tertiary/aromatic N) is 3. The molecule has 0 aliphatic carbocycles. The van der Waals surface area contributed by atoms with E-state index in [0.29, 0.717) is 17.5 Å². The number of amides is 1. The third kappa shape index (κ3) is 5.65. The maximum atomic E-state index is 13.3. The van der Waals surface area contributed by atoms with E-state index < -0.39 is 33.7 Å². The molecule has 8 nitrogen and oxygen atoms in total. The van der Waals surface area contributed by atoms with Gasteiger partial charge in [-0.15, -0.1) is 12.6 Å². The molecule has 0 saturated carbocycles. The highest BCUT2D eigenvalue weighted by Crippen LogP contribution is 2.39. The van der Waals surface area contributed by atoms with Crippen LogP contribution in [0.2, 0.25) is 0 Å². The van der Waals surface area contributed by atoms with Gasteiger partial charge in [0, 0.05) is 37.3 Å². The van der Waals surface area contributed by atoms with Gasteiger partial charge in [0.15, 0.2) is 5.60 Å². The summed E-state index contributed by atoms with van der Waals surface area (Å²) < 4.78 is 67.6. The minimum atomic E-state index is -4.86. The molecule has 1 aliphatic rings. The predicted molar refractivity (Wildman–Crippen MR) is 130 cm³/mol. The molecule has 1 heterocycles. The van der Waals surface area contributed by atoms with Crippen molar-refractivity contribution in [1.29, 1.82) is 0 Å². The molecular formula is C23H28F3N3O5S2. The van der Waals surface area contributed by atoms with Gasteiger partial charge in [-0.1, -0.05) is 24.3 Å². The maximum absolute atomic E-state index is 13.3. The van der Waals surface area contributed by atoms with Crippen molar-refractivity contribution in [2.75, 3.05) is 38.7 Å². The summed E-state index contributed by atoms with van der Waals surface area (Å²) in [4.78, 5) is 19.7. The Labute approximate surface area is 213 Å². The lowest BCUT2D eigenvalue weighted by Crippen LogP contribution is -2.56. The monoisotopic (exact) mass is 547 g/mol. The molecule has 198 valence electrons. The number of rotatable bonds is 7. The van der Waals surface area contributed by atoms with E-state index in [0.717, 1.165) is 5.06 Å². The van der Waals surface area contributed by atoms with Crippen molar-refractivity contribution >= 4 is 34.2 Å². The number of hydrogen-bond donors (Lipinski definition) is 2. The fourth-order valence-corrected chi connectivity index (χ4v) is 6.01. The average molecular weight is 548 g/mol. The van der Waals surface area contributed by atoms with Gasteiger partial charge in [-0.25, -0.2) is 13.5 Å². The number of thiol groups is 1. The van der Waals surface area contributed by atoms with Crippen LogP contribution in [0.15, 0.2) is 58.3 Å². The second kappa shape index (κ2) is 10.6. The second-order valence-electron chi connectivity index (χ2n) is 8.57. The Kier molecular flexibility index (Phi) is 8.30. The molecular weight excluding hydrogens is 519 g/mol. The third-order valence-electron chi connectivity index (χ3n) is 6.28. The molecule has 2 aromatic rings. The van der Waals surface area contributed by atoms with Gasteiger partial charge >= 0.3 is 6.18 Å². The molecule has 1 saturated heterocycles. The summed E-state index contributed by atoms with van der Waals surface area (Å²) in [5.41, 5.74) is -2.88. The number of hydroxylamine groups is 2. The van der Waals surface area contributed by atoms with Crippen LogP contribution >= 0.6 is 12.6 Å². The quantitative estimate of drug-likeness (QED) is 0.409. The van der Waals surface area contributed by atoms with Crippen molar-refractivity contribution in [2.45, 2.75) is 41.0 Å². The van der Waals surface area contributed by atoms with Crippen molar-refractivity contribution in [1.82, 2.24) is 9.37 Å². The summed E-state index contributed by atoms with van der Waals surface area (Å²) in [6, 6.07) is 10.8. The van der Waals surface area contributed by atoms with Crippen molar-refractivity contribution < 1.29 is 36.3 Å². The van der Waals surface area contributed by atoms with Crippen LogP contribution in [0, 0.1) is 0 Å². The number of hydrogen-bond acceptors (Lipinski definition) is 7. The topological polar surface area (TPSA) is 90.4 Å². The summed E-state index contributed by atoms with van der Waals surface area (Å²) in [6.07, 6.45) is -4.97. The third-order valence-corrected chi connectivity index (χ3v) is 8.74. The van der Waals surface area contributed by atoms with Crippen molar-refractivity contribution in [3.05, 3.63) is 54.1 Å². The molecule has 2 atom stereocenters. The zero-order valence-corrected chi connectivity index (χ0v) is 21.6. The van der Waals surface area contributed by atoms with Gasteiger partial charge in [0.2, 0.25) is 15.9 Å². The highest BCUT2D eigenvalue weighted by Gasteiger charge is 2.51. The molecule has 1 fully saturated rings. The molecule has 1 unspecified atom stereocenters. The van der Waals surface area contributed by atoms with Crippen LogP contribution in [-0.4, -0.2) is 74.8 Å². The van der Waals surface area contributed by atoms with Crippen LogP contribution in [0.4, 0.5) is 18.9 Å². The van der Waals surface area contributed by atoms with Crippen LogP contribution in [-0.2, 0) is 25.3 Å². The van der Waals surface area contributed by atoms with E-state index in [1.54, 1.807) is 23.1 Å². The van der Waals surface area contributed by atoms with Gasteiger partial charge in [-0.2, -0.15) is 17.5 Å². The smallest absolute Gasteiger partial charge is 0.376 e. The number of alkyl halides is 3. The Hall–Kier alpha value is -2.32. The van der Waals surface area contributed by atoms with Gasteiger partial charge in [0.05, 0.1) is 24.5 Å². The van der Waals surface area contributed by atoms with Gasteiger partial charge in [0.1, 0.15) is 0 Å². The van der Waals surface area contributed by atoms with Crippen molar-refractivity contribution in [3.63, 3.8) is 0 Å². The average Bonchev–Trinajstić information content (AvgIpc) is 2.83. The first-order chi connectivity index (χ1) is 16.7. The molecule has 0 spiro atoms. The van der Waals surface area contributed by atoms with E-state index in [1.165, 1.54) is 48.8 Å². The van der Waals surface area contributed by atoms with Crippen LogP contribution in [0.5, 0.6) is 0 Å². The zero-order chi connectivity index (χ0) is 26.9. The van der Waals surface area contributed by atoms with E-state index in [9.17, 15) is 31.5 Å². The molecule has 0 aromatic heterocycles. The summed E-state index contributed by atoms with van der Waals surface area (Å²) in [5, 5.41) is 11.0. The lowest BCUT2D eigenvalue weighted by atomic mass is 9.95. The Morgan fingerprint density at radius 3 is 2.33 bits per heavy atom. The number of halogens is 3. The fraction of sp³-hybridized carbons (Fsp3) is 0.435. The van der Waals surface area contributed by atoms with Crippen LogP contribution in [0.1, 0.15) is 18.9 Å². The number of benzene rings is 2. The molecule has 0 bridgehead atoms. The first kappa shape index (κ1) is 28.3. The SMILES string of the molecule is CON(C)C(=O)C[C@H]1CN(S(=O)(=O)c2ccccc2S)CCN1c1ccc(C(C)(O)C(F)(F)F)cc1. The Balaban J connectivity index is 1.92. The Morgan fingerprint density at radius 2 is 1.78 bits per heavy atom. The number of anilines is 1. The minimum Gasteiger partial charge on any atom is -0.376 e. The summed E-state index contributed by atoms with van der Waals surface area (Å²) in [6.45, 7) is 0.887. The van der Waals surface area contributed by atoms with Gasteiger partial charge in [-0.05, 0) is 36.8 Å². The van der Waals surface area contributed by atoms with E-state index >= 15 is 0 Å². The first-order valence-electron chi connectivity index (χ1n) is 10.9. The number of piperazine rings is 1. The lowest BCUT2D eigenvalue weighted by Gasteiger charge is -2.42. The number of sulfonamides is 1. The highest BCUT2D eigenvalue weighted by molar-refractivity contribution is 7.90. The fourth-order valence-electron chi connectivity index (χ4n) is 3.95. The Bertz CT molecular complexity index is 1190. The van der Waals surface area contributed by atoms with E-state index in [1.807, 2.05) is 0 Å². The van der Waals surface area contributed by atoms with E-state index in [4.69, 9.17) is 4.84 Å². The minimum absolute atomic E-state index is 0.0413. The lowest BCUT2D eigenvalue weighted by molar-refractivity contribution is -0.258. The molecule has 13 heteroatoms. The molecule has 3 rings (SSSR count). The number of carbonyl (C=O) groups is 1. The van der Waals surface area contributed by atoms with Gasteiger partial charge < -0.3 is 10.0 Å². The molecule has 2 aromatic carbocycles. The van der Waals surface area contributed by atoms with Gasteiger partial charge in [0.25, 0.3) is 0 Å². The number of aliphatic hydroxyl groups is 1. The van der Waals surface area contributed by atoms with Gasteiger partial charge in [-0.3, -0.25) is 9.63 Å². The molecule has 0 radical (unpaired) electrons.